The molecule has 4 aromatic rings. The monoisotopic (exact) mass is 383 g/mol. The SMILES string of the molecule is CC(=O)[C@@H](C)n1c(=O)c2c(nc3n(-c4ccccc4F)c(C)cn23)n(C)c1=O. The number of ketones is 1. The standard InChI is InChI=1S/C19H18FN5O3/c1-10-9-23-15-16(21-18(23)24(10)14-8-6-5-7-13(14)20)22(4)19(28)25(17(15)27)11(2)12(3)26/h5-9,11H,1-4H3/t11-/m1/s1. The summed E-state index contributed by atoms with van der Waals surface area (Å²) in [4.78, 5) is 42.0. The van der Waals surface area contributed by atoms with Crippen molar-refractivity contribution in [2.45, 2.75) is 26.8 Å². The lowest BCUT2D eigenvalue weighted by molar-refractivity contribution is -0.119. The number of halogens is 1. The number of hydrogen-bond acceptors (Lipinski definition) is 4. The van der Waals surface area contributed by atoms with Crippen molar-refractivity contribution >= 4 is 22.7 Å². The van der Waals surface area contributed by atoms with Crippen LogP contribution in [0.3, 0.4) is 0 Å². The van der Waals surface area contributed by atoms with E-state index in [1.807, 2.05) is 0 Å². The van der Waals surface area contributed by atoms with Crippen molar-refractivity contribution in [1.82, 2.24) is 23.1 Å². The first-order valence-electron chi connectivity index (χ1n) is 8.71. The van der Waals surface area contributed by atoms with Crippen LogP contribution >= 0.6 is 0 Å². The summed E-state index contributed by atoms with van der Waals surface area (Å²) >= 11 is 0. The lowest BCUT2D eigenvalue weighted by Gasteiger charge is -2.12. The number of fused-ring (bicyclic) bond motifs is 3. The second kappa shape index (κ2) is 6.01. The quantitative estimate of drug-likeness (QED) is 0.539. The zero-order valence-corrected chi connectivity index (χ0v) is 15.8. The number of rotatable bonds is 3. The molecule has 0 unspecified atom stereocenters. The molecule has 0 fully saturated rings. The van der Waals surface area contributed by atoms with Gasteiger partial charge in [-0.05, 0) is 32.9 Å². The number of carbonyl (C=O) groups is 1. The van der Waals surface area contributed by atoms with Crippen LogP contribution in [-0.2, 0) is 11.8 Å². The zero-order valence-electron chi connectivity index (χ0n) is 15.8. The molecule has 144 valence electrons. The molecule has 0 aliphatic rings. The molecule has 28 heavy (non-hydrogen) atoms. The van der Waals surface area contributed by atoms with Gasteiger partial charge in [0, 0.05) is 18.9 Å². The van der Waals surface area contributed by atoms with E-state index in [1.165, 1.54) is 35.9 Å². The molecule has 0 saturated carbocycles. The minimum atomic E-state index is -0.907. The molecule has 0 N–H and O–H groups in total. The summed E-state index contributed by atoms with van der Waals surface area (Å²) in [6, 6.07) is 5.33. The van der Waals surface area contributed by atoms with Crippen LogP contribution in [0.25, 0.3) is 22.6 Å². The van der Waals surface area contributed by atoms with Gasteiger partial charge in [-0.1, -0.05) is 12.1 Å². The molecule has 3 heterocycles. The summed E-state index contributed by atoms with van der Waals surface area (Å²) in [7, 11) is 1.49. The van der Waals surface area contributed by atoms with Crippen LogP contribution in [0, 0.1) is 12.7 Å². The molecule has 0 spiro atoms. The Morgan fingerprint density at radius 3 is 2.54 bits per heavy atom. The summed E-state index contributed by atoms with van der Waals surface area (Å²) in [6.07, 6.45) is 1.66. The maximum atomic E-state index is 14.4. The van der Waals surface area contributed by atoms with Crippen molar-refractivity contribution in [2.24, 2.45) is 7.05 Å². The van der Waals surface area contributed by atoms with Crippen LogP contribution < -0.4 is 11.2 Å². The van der Waals surface area contributed by atoms with Gasteiger partial charge in [-0.25, -0.2) is 13.8 Å². The van der Waals surface area contributed by atoms with E-state index in [0.29, 0.717) is 11.5 Å². The molecule has 0 aliphatic heterocycles. The van der Waals surface area contributed by atoms with Crippen LogP contribution in [0.1, 0.15) is 25.6 Å². The number of Topliss-reactive ketones (excluding diaryl/α,β-unsaturated/α-hetero) is 1. The minimum Gasteiger partial charge on any atom is -0.298 e. The summed E-state index contributed by atoms with van der Waals surface area (Å²) in [5, 5.41) is 0. The molecule has 8 nitrogen and oxygen atoms in total. The molecular formula is C19H18FN5O3. The van der Waals surface area contributed by atoms with E-state index in [4.69, 9.17) is 0 Å². The average Bonchev–Trinajstić information content (AvgIpc) is 3.15. The van der Waals surface area contributed by atoms with E-state index in [2.05, 4.69) is 4.98 Å². The molecule has 9 heteroatoms. The molecule has 1 atom stereocenters. The highest BCUT2D eigenvalue weighted by Gasteiger charge is 2.24. The molecule has 0 saturated heterocycles. The van der Waals surface area contributed by atoms with Crippen LogP contribution in [-0.4, -0.2) is 28.9 Å². The second-order valence-corrected chi connectivity index (χ2v) is 6.81. The Bertz CT molecular complexity index is 1390. The number of nitrogens with zero attached hydrogens (tertiary/aromatic N) is 5. The van der Waals surface area contributed by atoms with Gasteiger partial charge in [0.25, 0.3) is 5.56 Å². The third kappa shape index (κ3) is 2.29. The number of benzene rings is 1. The van der Waals surface area contributed by atoms with E-state index in [0.717, 1.165) is 4.57 Å². The third-order valence-corrected chi connectivity index (χ3v) is 5.04. The Balaban J connectivity index is 2.18. The molecule has 3 aromatic heterocycles. The zero-order chi connectivity index (χ0) is 20.3. The fourth-order valence-electron chi connectivity index (χ4n) is 3.43. The minimum absolute atomic E-state index is 0.156. The van der Waals surface area contributed by atoms with E-state index < -0.39 is 23.1 Å². The first-order valence-corrected chi connectivity index (χ1v) is 8.71. The van der Waals surface area contributed by atoms with Gasteiger partial charge in [-0.2, -0.15) is 4.98 Å². The highest BCUT2D eigenvalue weighted by Crippen LogP contribution is 2.22. The Kier molecular flexibility index (Phi) is 3.84. The number of imidazole rings is 2. The molecule has 0 radical (unpaired) electrons. The number of hydrogen-bond donors (Lipinski definition) is 0. The lowest BCUT2D eigenvalue weighted by Crippen LogP contribution is -2.42. The number of aryl methyl sites for hydroxylation is 2. The van der Waals surface area contributed by atoms with Crippen molar-refractivity contribution in [2.75, 3.05) is 0 Å². The van der Waals surface area contributed by atoms with Crippen molar-refractivity contribution in [3.63, 3.8) is 0 Å². The fourth-order valence-corrected chi connectivity index (χ4v) is 3.43. The average molecular weight is 383 g/mol. The Morgan fingerprint density at radius 1 is 1.21 bits per heavy atom. The molecule has 0 bridgehead atoms. The maximum absolute atomic E-state index is 14.4. The van der Waals surface area contributed by atoms with Gasteiger partial charge >= 0.3 is 5.69 Å². The summed E-state index contributed by atoms with van der Waals surface area (Å²) < 4.78 is 19.6. The first-order chi connectivity index (χ1) is 13.2. The maximum Gasteiger partial charge on any atom is 0.333 e. The molecular weight excluding hydrogens is 365 g/mol. The Hall–Kier alpha value is -3.49. The lowest BCUT2D eigenvalue weighted by atomic mass is 10.2. The number of carbonyl (C=O) groups excluding carboxylic acids is 1. The smallest absolute Gasteiger partial charge is 0.298 e. The van der Waals surface area contributed by atoms with Crippen molar-refractivity contribution in [3.05, 3.63) is 62.8 Å². The number of para-hydroxylation sites is 1. The van der Waals surface area contributed by atoms with Crippen molar-refractivity contribution in [1.29, 1.82) is 0 Å². The van der Waals surface area contributed by atoms with Crippen LogP contribution in [0.2, 0.25) is 0 Å². The van der Waals surface area contributed by atoms with Gasteiger partial charge in [-0.15, -0.1) is 0 Å². The fraction of sp³-hybridized carbons (Fsp3) is 0.263. The highest BCUT2D eigenvalue weighted by molar-refractivity contribution is 5.81. The molecule has 0 amide bonds. The van der Waals surface area contributed by atoms with Gasteiger partial charge in [0.05, 0.1) is 11.7 Å². The van der Waals surface area contributed by atoms with Crippen molar-refractivity contribution in [3.8, 4) is 5.69 Å². The normalized spacial score (nSPS) is 12.8. The molecule has 0 aliphatic carbocycles. The van der Waals surface area contributed by atoms with Gasteiger partial charge in [-0.3, -0.25) is 23.1 Å². The van der Waals surface area contributed by atoms with E-state index >= 15 is 0 Å². The van der Waals surface area contributed by atoms with E-state index in [1.54, 1.807) is 35.9 Å². The molecule has 4 rings (SSSR count). The summed E-state index contributed by atoms with van der Waals surface area (Å²) in [5.74, 6) is -0.440. The van der Waals surface area contributed by atoms with E-state index in [9.17, 15) is 18.8 Å². The first kappa shape index (κ1) is 17.9. The van der Waals surface area contributed by atoms with Gasteiger partial charge in [0.15, 0.2) is 16.9 Å². The van der Waals surface area contributed by atoms with E-state index in [-0.39, 0.29) is 22.6 Å². The Morgan fingerprint density at radius 2 is 1.89 bits per heavy atom. The second-order valence-electron chi connectivity index (χ2n) is 6.81. The van der Waals surface area contributed by atoms with Crippen LogP contribution in [0.15, 0.2) is 40.1 Å². The van der Waals surface area contributed by atoms with Crippen LogP contribution in [0.5, 0.6) is 0 Å². The van der Waals surface area contributed by atoms with Gasteiger partial charge < -0.3 is 0 Å². The largest absolute Gasteiger partial charge is 0.333 e. The van der Waals surface area contributed by atoms with Crippen molar-refractivity contribution < 1.29 is 9.18 Å². The summed E-state index contributed by atoms with van der Waals surface area (Å²) in [5.41, 5.74) is 0.0289. The predicted molar refractivity (Wildman–Crippen MR) is 102 cm³/mol. The third-order valence-electron chi connectivity index (χ3n) is 5.04. The topological polar surface area (TPSA) is 83.3 Å². The van der Waals surface area contributed by atoms with Gasteiger partial charge in [0.2, 0.25) is 5.78 Å². The highest BCUT2D eigenvalue weighted by atomic mass is 19.1. The van der Waals surface area contributed by atoms with Crippen LogP contribution in [0.4, 0.5) is 4.39 Å². The Labute approximate surface area is 158 Å². The van der Waals surface area contributed by atoms with Gasteiger partial charge in [0.1, 0.15) is 5.82 Å². The summed E-state index contributed by atoms with van der Waals surface area (Å²) in [6.45, 7) is 4.60. The predicted octanol–water partition coefficient (Wildman–Crippen LogP) is 1.74. The molecule has 1 aromatic carbocycles. The number of aromatic nitrogens is 5.